The number of hydrogen-bond acceptors (Lipinski definition) is 2. The molecule has 0 amide bonds. The second kappa shape index (κ2) is 1.69. The highest BCUT2D eigenvalue weighted by molar-refractivity contribution is 5.79. The summed E-state index contributed by atoms with van der Waals surface area (Å²) in [7, 11) is 0. The molecule has 0 unspecified atom stereocenters. The number of imidazole rings is 1. The van der Waals surface area contributed by atoms with E-state index < -0.39 is 0 Å². The summed E-state index contributed by atoms with van der Waals surface area (Å²) in [6.07, 6.45) is 5.48. The van der Waals surface area contributed by atoms with E-state index in [0.717, 1.165) is 24.4 Å². The molecule has 0 saturated heterocycles. The van der Waals surface area contributed by atoms with Crippen molar-refractivity contribution < 1.29 is 0 Å². The van der Waals surface area contributed by atoms with E-state index in [1.165, 1.54) is 0 Å². The van der Waals surface area contributed by atoms with Crippen LogP contribution in [0.15, 0.2) is 11.3 Å². The average Bonchev–Trinajstić information content (AvgIpc) is 2.33. The van der Waals surface area contributed by atoms with Gasteiger partial charge in [0.2, 0.25) is 0 Å². The third-order valence-corrected chi connectivity index (χ3v) is 1.37. The SMILES string of the molecule is [C]1=NCCc2nc[nH]c21. The molecular formula is C6H6N3. The molecular weight excluding hydrogens is 114 g/mol. The smallest absolute Gasteiger partial charge is 0.110 e. The van der Waals surface area contributed by atoms with Gasteiger partial charge in [0, 0.05) is 13.0 Å². The minimum Gasteiger partial charge on any atom is -0.343 e. The maximum Gasteiger partial charge on any atom is 0.110 e. The van der Waals surface area contributed by atoms with Crippen LogP contribution in [0, 0.1) is 0 Å². The number of aromatic amines is 1. The van der Waals surface area contributed by atoms with Gasteiger partial charge in [0.15, 0.2) is 0 Å². The number of rotatable bonds is 0. The molecule has 3 heteroatoms. The van der Waals surface area contributed by atoms with E-state index >= 15 is 0 Å². The highest BCUT2D eigenvalue weighted by Crippen LogP contribution is 2.04. The van der Waals surface area contributed by atoms with Crippen molar-refractivity contribution in [1.82, 2.24) is 9.97 Å². The molecule has 0 saturated carbocycles. The molecule has 2 rings (SSSR count). The predicted molar refractivity (Wildman–Crippen MR) is 33.7 cm³/mol. The van der Waals surface area contributed by atoms with Gasteiger partial charge in [-0.1, -0.05) is 0 Å². The van der Waals surface area contributed by atoms with Gasteiger partial charge in [-0.05, 0) is 0 Å². The zero-order chi connectivity index (χ0) is 6.10. The summed E-state index contributed by atoms with van der Waals surface area (Å²) in [5.74, 6) is 0. The summed E-state index contributed by atoms with van der Waals surface area (Å²) in [6.45, 7) is 0.831. The van der Waals surface area contributed by atoms with Crippen molar-refractivity contribution >= 4 is 6.21 Å². The van der Waals surface area contributed by atoms with Crippen LogP contribution in [0.2, 0.25) is 0 Å². The summed E-state index contributed by atoms with van der Waals surface area (Å²) in [5.41, 5.74) is 2.03. The van der Waals surface area contributed by atoms with E-state index in [1.54, 1.807) is 6.33 Å². The van der Waals surface area contributed by atoms with Crippen LogP contribution in [0.3, 0.4) is 0 Å². The summed E-state index contributed by atoms with van der Waals surface area (Å²) in [5, 5.41) is 0. The molecule has 0 spiro atoms. The monoisotopic (exact) mass is 120 g/mol. The maximum atomic E-state index is 4.08. The highest BCUT2D eigenvalue weighted by atomic mass is 14.9. The molecule has 0 bridgehead atoms. The van der Waals surface area contributed by atoms with Crippen molar-refractivity contribution in [3.8, 4) is 0 Å². The van der Waals surface area contributed by atoms with Gasteiger partial charge in [0.1, 0.15) is 6.21 Å². The largest absolute Gasteiger partial charge is 0.343 e. The second-order valence-electron chi connectivity index (χ2n) is 1.97. The van der Waals surface area contributed by atoms with Gasteiger partial charge in [0.25, 0.3) is 0 Å². The van der Waals surface area contributed by atoms with Crippen LogP contribution in [-0.2, 0) is 6.42 Å². The lowest BCUT2D eigenvalue weighted by Gasteiger charge is -1.98. The number of aliphatic imine (C=N–C) groups is 1. The molecule has 1 aliphatic heterocycles. The maximum absolute atomic E-state index is 4.08. The lowest BCUT2D eigenvalue weighted by Crippen LogP contribution is -2.01. The Morgan fingerprint density at radius 3 is 3.56 bits per heavy atom. The Bertz CT molecular complexity index is 236. The van der Waals surface area contributed by atoms with Gasteiger partial charge in [-0.3, -0.25) is 4.99 Å². The third kappa shape index (κ3) is 0.650. The second-order valence-corrected chi connectivity index (χ2v) is 1.97. The van der Waals surface area contributed by atoms with Gasteiger partial charge in [-0.25, -0.2) is 4.98 Å². The molecule has 0 fully saturated rings. The summed E-state index contributed by atoms with van der Waals surface area (Å²) in [6, 6.07) is 0. The zero-order valence-electron chi connectivity index (χ0n) is 4.89. The molecule has 0 aliphatic carbocycles. The van der Waals surface area contributed by atoms with Crippen LogP contribution in [0.5, 0.6) is 0 Å². The molecule has 3 nitrogen and oxygen atoms in total. The number of hydrogen-bond donors (Lipinski definition) is 1. The Morgan fingerprint density at radius 1 is 1.67 bits per heavy atom. The number of fused-ring (bicyclic) bond motifs is 1. The normalized spacial score (nSPS) is 15.6. The standard InChI is InChI=1S/C6H6N3/c1-2-7-3-6-5(1)8-4-9-6/h4H,1-2H2,(H,8,9). The fraction of sp³-hybridized carbons (Fsp3) is 0.333. The Balaban J connectivity index is 2.53. The average molecular weight is 120 g/mol. The van der Waals surface area contributed by atoms with E-state index in [9.17, 15) is 0 Å². The van der Waals surface area contributed by atoms with Gasteiger partial charge < -0.3 is 4.98 Å². The molecule has 45 valence electrons. The van der Waals surface area contributed by atoms with Gasteiger partial charge in [-0.2, -0.15) is 0 Å². The number of nitrogens with zero attached hydrogens (tertiary/aromatic N) is 2. The quantitative estimate of drug-likeness (QED) is 0.524. The van der Waals surface area contributed by atoms with Crippen LogP contribution in [0.25, 0.3) is 0 Å². The van der Waals surface area contributed by atoms with Gasteiger partial charge in [-0.15, -0.1) is 0 Å². The molecule has 1 radical (unpaired) electrons. The molecule has 1 aliphatic rings. The molecule has 1 N–H and O–H groups in total. The van der Waals surface area contributed by atoms with Crippen LogP contribution in [-0.4, -0.2) is 22.7 Å². The molecule has 1 aromatic heterocycles. The zero-order valence-corrected chi connectivity index (χ0v) is 4.89. The topological polar surface area (TPSA) is 41.0 Å². The fourth-order valence-electron chi connectivity index (χ4n) is 0.906. The highest BCUT2D eigenvalue weighted by Gasteiger charge is 2.05. The van der Waals surface area contributed by atoms with Crippen molar-refractivity contribution in [3.63, 3.8) is 0 Å². The first-order chi connectivity index (χ1) is 4.47. The van der Waals surface area contributed by atoms with Gasteiger partial charge in [0.05, 0.1) is 17.7 Å². The van der Waals surface area contributed by atoms with Crippen molar-refractivity contribution in [2.45, 2.75) is 6.42 Å². The fourth-order valence-corrected chi connectivity index (χ4v) is 0.906. The first-order valence-electron chi connectivity index (χ1n) is 2.91. The van der Waals surface area contributed by atoms with E-state index in [-0.39, 0.29) is 0 Å². The minimum atomic E-state index is 0.831. The summed E-state index contributed by atoms with van der Waals surface area (Å²) in [4.78, 5) is 11.0. The summed E-state index contributed by atoms with van der Waals surface area (Å²) >= 11 is 0. The molecule has 2 heterocycles. The van der Waals surface area contributed by atoms with E-state index in [4.69, 9.17) is 0 Å². The van der Waals surface area contributed by atoms with E-state index in [0.29, 0.717) is 0 Å². The van der Waals surface area contributed by atoms with E-state index in [1.807, 2.05) is 0 Å². The van der Waals surface area contributed by atoms with Crippen LogP contribution in [0.4, 0.5) is 0 Å². The van der Waals surface area contributed by atoms with Crippen LogP contribution in [0.1, 0.15) is 11.4 Å². The molecule has 0 atom stereocenters. The Labute approximate surface area is 52.8 Å². The van der Waals surface area contributed by atoms with Crippen molar-refractivity contribution in [2.75, 3.05) is 6.54 Å². The first-order valence-corrected chi connectivity index (χ1v) is 2.91. The number of nitrogens with one attached hydrogen (secondary N) is 1. The lowest BCUT2D eigenvalue weighted by atomic mass is 10.2. The number of H-pyrrole nitrogens is 1. The van der Waals surface area contributed by atoms with Crippen molar-refractivity contribution in [2.24, 2.45) is 4.99 Å². The molecule has 0 aromatic carbocycles. The minimum absolute atomic E-state index is 0.831. The van der Waals surface area contributed by atoms with Gasteiger partial charge >= 0.3 is 0 Å². The Kier molecular flexibility index (Phi) is 0.886. The van der Waals surface area contributed by atoms with Crippen LogP contribution >= 0.6 is 0 Å². The first kappa shape index (κ1) is 4.73. The molecule has 9 heavy (non-hydrogen) atoms. The summed E-state index contributed by atoms with van der Waals surface area (Å²) < 4.78 is 0. The third-order valence-electron chi connectivity index (χ3n) is 1.37. The lowest BCUT2D eigenvalue weighted by molar-refractivity contribution is 0.919. The predicted octanol–water partition coefficient (Wildman–Crippen LogP) is 0.262. The van der Waals surface area contributed by atoms with Crippen molar-refractivity contribution in [1.29, 1.82) is 0 Å². The van der Waals surface area contributed by atoms with Crippen molar-refractivity contribution in [3.05, 3.63) is 17.7 Å². The molecule has 1 aromatic rings. The number of aromatic nitrogens is 2. The Hall–Kier alpha value is -1.12. The Morgan fingerprint density at radius 2 is 2.67 bits per heavy atom. The van der Waals surface area contributed by atoms with E-state index in [2.05, 4.69) is 21.2 Å². The van der Waals surface area contributed by atoms with Crippen LogP contribution < -0.4 is 0 Å².